The Morgan fingerprint density at radius 1 is 1.08 bits per heavy atom. The molecule has 0 spiro atoms. The van der Waals surface area contributed by atoms with Crippen LogP contribution in [0.3, 0.4) is 0 Å². The summed E-state index contributed by atoms with van der Waals surface area (Å²) in [5, 5.41) is 11.6. The van der Waals surface area contributed by atoms with Gasteiger partial charge in [0, 0.05) is 6.20 Å². The van der Waals surface area contributed by atoms with Crippen LogP contribution in [0.15, 0.2) is 54.2 Å². The maximum atomic E-state index is 13.4. The smallest absolute Gasteiger partial charge is 0.302 e. The number of amides is 1. The van der Waals surface area contributed by atoms with Crippen molar-refractivity contribution in [2.24, 2.45) is 0 Å². The van der Waals surface area contributed by atoms with Crippen molar-refractivity contribution in [2.45, 2.75) is 13.0 Å². The van der Waals surface area contributed by atoms with Crippen molar-refractivity contribution >= 4 is 57.6 Å². The second kappa shape index (κ2) is 9.42. The van der Waals surface area contributed by atoms with E-state index in [-0.39, 0.29) is 38.6 Å². The van der Waals surface area contributed by atoms with Crippen LogP contribution in [0.5, 0.6) is 11.5 Å². The zero-order chi connectivity index (χ0) is 26.4. The molecule has 1 saturated heterocycles. The van der Waals surface area contributed by atoms with Gasteiger partial charge in [0.15, 0.2) is 11.5 Å². The molecule has 3 heterocycles. The Morgan fingerprint density at radius 3 is 2.51 bits per heavy atom. The average Bonchev–Trinajstić information content (AvgIpc) is 3.41. The van der Waals surface area contributed by atoms with E-state index in [2.05, 4.69) is 15.0 Å². The molecule has 4 aromatic rings. The third-order valence-corrected chi connectivity index (χ3v) is 6.68. The first-order chi connectivity index (χ1) is 17.8. The van der Waals surface area contributed by atoms with Gasteiger partial charge in [-0.15, -0.1) is 0 Å². The molecular formula is C26H20Cl2N4O5. The molecule has 1 amide bonds. The molecule has 5 rings (SSSR count). The van der Waals surface area contributed by atoms with Gasteiger partial charge >= 0.3 is 5.91 Å². The van der Waals surface area contributed by atoms with Crippen LogP contribution in [0.2, 0.25) is 10.0 Å². The number of pyridine rings is 1. The normalized spacial score (nSPS) is 17.0. The number of halogens is 2. The van der Waals surface area contributed by atoms with Crippen molar-refractivity contribution < 1.29 is 24.2 Å². The second-order valence-electron chi connectivity index (χ2n) is 8.29. The van der Waals surface area contributed by atoms with Gasteiger partial charge in [0.1, 0.15) is 16.8 Å². The molecule has 1 atom stereocenters. The van der Waals surface area contributed by atoms with Crippen LogP contribution in [0.4, 0.5) is 5.95 Å². The minimum atomic E-state index is -1.10. The van der Waals surface area contributed by atoms with Crippen LogP contribution >= 0.6 is 23.2 Å². The lowest BCUT2D eigenvalue weighted by atomic mass is 9.97. The number of H-pyrrole nitrogens is 1. The van der Waals surface area contributed by atoms with Gasteiger partial charge in [-0.1, -0.05) is 35.3 Å². The summed E-state index contributed by atoms with van der Waals surface area (Å²) in [5.74, 6) is -2.07. The number of aliphatic hydroxyl groups is 1. The fourth-order valence-corrected chi connectivity index (χ4v) is 5.07. The lowest BCUT2D eigenvalue weighted by Gasteiger charge is -2.22. The predicted octanol–water partition coefficient (Wildman–Crippen LogP) is 5.22. The zero-order valence-corrected chi connectivity index (χ0v) is 21.4. The molecule has 1 aliphatic rings. The molecule has 1 aliphatic heterocycles. The van der Waals surface area contributed by atoms with Crippen LogP contribution in [0.25, 0.3) is 16.8 Å². The van der Waals surface area contributed by atoms with E-state index in [1.165, 1.54) is 31.4 Å². The Hall–Kier alpha value is -4.08. The van der Waals surface area contributed by atoms with Gasteiger partial charge in [0.05, 0.1) is 47.1 Å². The van der Waals surface area contributed by atoms with Crippen molar-refractivity contribution in [3.63, 3.8) is 0 Å². The van der Waals surface area contributed by atoms with Gasteiger partial charge in [-0.2, -0.15) is 0 Å². The zero-order valence-electron chi connectivity index (χ0n) is 19.9. The van der Waals surface area contributed by atoms with E-state index in [0.717, 1.165) is 5.56 Å². The number of benzene rings is 2. The maximum Gasteiger partial charge on any atom is 0.302 e. The van der Waals surface area contributed by atoms with Crippen molar-refractivity contribution in [1.82, 2.24) is 15.0 Å². The molecule has 188 valence electrons. The minimum absolute atomic E-state index is 0.00433. The number of aryl methyl sites for hydroxylation is 1. The standard InChI is InChI=1S/C26H20Cl2N4O5/c1-12-7-8-15-17(10-12)31-26(30-15)32-20(16-6-4-5-9-29-16)18(22(34)25(32)35)21(33)13-11-14(27)24(37-3)19(28)23(13)36-2/h4-11,20,33H,1-3H3,(H,30,31)/b21-18+. The highest BCUT2D eigenvalue weighted by Gasteiger charge is 2.49. The largest absolute Gasteiger partial charge is 0.507 e. The molecular weight excluding hydrogens is 519 g/mol. The Bertz CT molecular complexity index is 1600. The number of methoxy groups -OCH3 is 2. The number of Topliss-reactive ketones (excluding diaryl/α,β-unsaturated/α-hetero) is 1. The van der Waals surface area contributed by atoms with E-state index in [4.69, 9.17) is 32.7 Å². The van der Waals surface area contributed by atoms with E-state index in [1.54, 1.807) is 18.2 Å². The van der Waals surface area contributed by atoms with Gasteiger partial charge in [-0.05, 0) is 42.8 Å². The number of aromatic amines is 1. The SMILES string of the molecule is COc1c(Cl)cc(/C(O)=C2\C(=O)C(=O)N(c3nc4ccc(C)cc4[nH]3)C2c2ccccn2)c(OC)c1Cl. The number of carbonyl (C=O) groups excluding carboxylic acids is 2. The molecule has 0 radical (unpaired) electrons. The lowest BCUT2D eigenvalue weighted by Crippen LogP contribution is -2.30. The number of nitrogens with zero attached hydrogens (tertiary/aromatic N) is 3. The van der Waals surface area contributed by atoms with Crippen molar-refractivity contribution in [3.05, 3.63) is 81.1 Å². The number of imidazole rings is 1. The summed E-state index contributed by atoms with van der Waals surface area (Å²) in [7, 11) is 2.73. The number of fused-ring (bicyclic) bond motifs is 1. The van der Waals surface area contributed by atoms with E-state index in [1.807, 2.05) is 25.1 Å². The monoisotopic (exact) mass is 538 g/mol. The van der Waals surface area contributed by atoms with Crippen LogP contribution in [-0.4, -0.2) is 46.0 Å². The van der Waals surface area contributed by atoms with Crippen LogP contribution < -0.4 is 14.4 Å². The van der Waals surface area contributed by atoms with Crippen LogP contribution in [-0.2, 0) is 9.59 Å². The number of nitrogens with one attached hydrogen (secondary N) is 1. The lowest BCUT2D eigenvalue weighted by molar-refractivity contribution is -0.132. The topological polar surface area (TPSA) is 118 Å². The number of rotatable bonds is 5. The number of aliphatic hydroxyl groups excluding tert-OH is 1. The quantitative estimate of drug-likeness (QED) is 0.203. The molecule has 2 aromatic carbocycles. The molecule has 1 unspecified atom stereocenters. The first-order valence-electron chi connectivity index (χ1n) is 11.1. The first kappa shape index (κ1) is 24.6. The summed E-state index contributed by atoms with van der Waals surface area (Å²) in [5.41, 5.74) is 2.41. The Kier molecular flexibility index (Phi) is 6.26. The third kappa shape index (κ3) is 3.96. The Labute approximate surface area is 221 Å². The van der Waals surface area contributed by atoms with E-state index < -0.39 is 23.5 Å². The number of carbonyl (C=O) groups is 2. The number of hydrogen-bond acceptors (Lipinski definition) is 7. The fraction of sp³-hybridized carbons (Fsp3) is 0.154. The fourth-order valence-electron chi connectivity index (χ4n) is 4.38. The molecule has 1 fully saturated rings. The summed E-state index contributed by atoms with van der Waals surface area (Å²) in [6, 6.07) is 10.9. The highest BCUT2D eigenvalue weighted by Crippen LogP contribution is 2.47. The number of hydrogen-bond donors (Lipinski definition) is 2. The molecule has 2 aromatic heterocycles. The molecule has 9 nitrogen and oxygen atoms in total. The number of anilines is 1. The van der Waals surface area contributed by atoms with E-state index in [0.29, 0.717) is 16.7 Å². The van der Waals surface area contributed by atoms with E-state index >= 15 is 0 Å². The molecule has 0 bridgehead atoms. The first-order valence-corrected chi connectivity index (χ1v) is 11.8. The highest BCUT2D eigenvalue weighted by molar-refractivity contribution is 6.51. The van der Waals surface area contributed by atoms with Gasteiger partial charge in [0.25, 0.3) is 5.78 Å². The summed E-state index contributed by atoms with van der Waals surface area (Å²) < 4.78 is 10.6. The minimum Gasteiger partial charge on any atom is -0.507 e. The summed E-state index contributed by atoms with van der Waals surface area (Å²) in [4.78, 5) is 40.0. The van der Waals surface area contributed by atoms with Crippen LogP contribution in [0.1, 0.15) is 22.9 Å². The van der Waals surface area contributed by atoms with Crippen molar-refractivity contribution in [3.8, 4) is 11.5 Å². The summed E-state index contributed by atoms with van der Waals surface area (Å²) >= 11 is 12.7. The highest BCUT2D eigenvalue weighted by atomic mass is 35.5. The molecule has 2 N–H and O–H groups in total. The molecule has 11 heteroatoms. The predicted molar refractivity (Wildman–Crippen MR) is 139 cm³/mol. The van der Waals surface area contributed by atoms with Crippen LogP contribution in [0, 0.1) is 6.92 Å². The average molecular weight is 539 g/mol. The second-order valence-corrected chi connectivity index (χ2v) is 9.08. The van der Waals surface area contributed by atoms with Gasteiger partial charge in [-0.25, -0.2) is 4.98 Å². The number of ether oxygens (including phenoxy) is 2. The Balaban J connectivity index is 1.77. The van der Waals surface area contributed by atoms with Crippen molar-refractivity contribution in [1.29, 1.82) is 0 Å². The van der Waals surface area contributed by atoms with Crippen molar-refractivity contribution in [2.75, 3.05) is 19.1 Å². The third-order valence-electron chi connectivity index (χ3n) is 6.06. The molecule has 0 aliphatic carbocycles. The number of aromatic nitrogens is 3. The van der Waals surface area contributed by atoms with Gasteiger partial charge in [-0.3, -0.25) is 19.5 Å². The maximum absolute atomic E-state index is 13.4. The molecule has 37 heavy (non-hydrogen) atoms. The molecule has 0 saturated carbocycles. The summed E-state index contributed by atoms with van der Waals surface area (Å²) in [6.45, 7) is 1.93. The Morgan fingerprint density at radius 2 is 1.84 bits per heavy atom. The van der Waals surface area contributed by atoms with Gasteiger partial charge in [0.2, 0.25) is 5.95 Å². The number of ketones is 1. The summed E-state index contributed by atoms with van der Waals surface area (Å²) in [6.07, 6.45) is 1.53. The van der Waals surface area contributed by atoms with Gasteiger partial charge < -0.3 is 19.6 Å². The van der Waals surface area contributed by atoms with E-state index in [9.17, 15) is 14.7 Å².